The summed E-state index contributed by atoms with van der Waals surface area (Å²) in [6.45, 7) is 0.0757. The van der Waals surface area contributed by atoms with Gasteiger partial charge in [0.25, 0.3) is 5.91 Å². The van der Waals surface area contributed by atoms with Crippen molar-refractivity contribution in [1.82, 2.24) is 20.3 Å². The van der Waals surface area contributed by atoms with Crippen LogP contribution >= 0.6 is 0 Å². The van der Waals surface area contributed by atoms with Crippen LogP contribution < -0.4 is 26.4 Å². The largest absolute Gasteiger partial charge is 0.456 e. The summed E-state index contributed by atoms with van der Waals surface area (Å²) in [5, 5.41) is 10.2. The molecule has 5 N–H and O–H groups in total. The third-order valence-corrected chi connectivity index (χ3v) is 5.54. The molecule has 0 bridgehead atoms. The number of amides is 1. The number of nitrogens with zero attached hydrogens (tertiary/aromatic N) is 3. The number of benzene rings is 1. The Morgan fingerprint density at radius 1 is 1.17 bits per heavy atom. The Labute approximate surface area is 173 Å². The van der Waals surface area contributed by atoms with Gasteiger partial charge in [-0.3, -0.25) is 9.78 Å². The highest BCUT2D eigenvalue weighted by Crippen LogP contribution is 2.31. The number of carbonyl (C=O) groups excluding carboxylic acids is 1. The van der Waals surface area contributed by atoms with E-state index in [9.17, 15) is 4.79 Å². The summed E-state index contributed by atoms with van der Waals surface area (Å²) >= 11 is 0. The fraction of sp³-hybridized carbons (Fsp3) is 0.333. The van der Waals surface area contributed by atoms with E-state index in [0.29, 0.717) is 11.8 Å². The van der Waals surface area contributed by atoms with Crippen molar-refractivity contribution in [3.05, 3.63) is 42.1 Å². The van der Waals surface area contributed by atoms with Crippen LogP contribution in [0.3, 0.4) is 0 Å². The van der Waals surface area contributed by atoms with E-state index >= 15 is 0 Å². The minimum Gasteiger partial charge on any atom is -0.456 e. The molecule has 1 amide bonds. The number of anilines is 3. The van der Waals surface area contributed by atoms with Gasteiger partial charge in [0.2, 0.25) is 11.8 Å². The molecule has 9 nitrogen and oxygen atoms in total. The molecule has 3 heterocycles. The molecule has 0 radical (unpaired) electrons. The van der Waals surface area contributed by atoms with Crippen molar-refractivity contribution in [3.8, 4) is 5.88 Å². The lowest BCUT2D eigenvalue weighted by molar-refractivity contribution is 0.0879. The number of fused-ring (bicyclic) bond motifs is 2. The first-order valence-corrected chi connectivity index (χ1v) is 10.1. The van der Waals surface area contributed by atoms with Crippen molar-refractivity contribution >= 4 is 34.3 Å². The maximum absolute atomic E-state index is 12.5. The van der Waals surface area contributed by atoms with Gasteiger partial charge in [0.15, 0.2) is 12.5 Å². The van der Waals surface area contributed by atoms with Crippen LogP contribution in [-0.2, 0) is 0 Å². The highest BCUT2D eigenvalue weighted by atomic mass is 16.5. The molecule has 0 unspecified atom stereocenters. The lowest BCUT2D eigenvalue weighted by atomic mass is 9.91. The third-order valence-electron chi connectivity index (χ3n) is 5.54. The second kappa shape index (κ2) is 7.75. The predicted octanol–water partition coefficient (Wildman–Crippen LogP) is 2.53. The van der Waals surface area contributed by atoms with Crippen LogP contribution in [0.1, 0.15) is 36.0 Å². The lowest BCUT2D eigenvalue weighted by Crippen LogP contribution is -2.43. The Morgan fingerprint density at radius 2 is 2.07 bits per heavy atom. The summed E-state index contributed by atoms with van der Waals surface area (Å²) in [5.41, 5.74) is 8.23. The van der Waals surface area contributed by atoms with Crippen molar-refractivity contribution in [2.24, 2.45) is 5.73 Å². The fourth-order valence-corrected chi connectivity index (χ4v) is 3.96. The minimum absolute atomic E-state index is 0.0481. The van der Waals surface area contributed by atoms with Gasteiger partial charge >= 0.3 is 0 Å². The molecule has 3 aromatic rings. The molecule has 2 aliphatic rings. The van der Waals surface area contributed by atoms with Crippen molar-refractivity contribution in [2.45, 2.75) is 37.8 Å². The molecule has 1 aliphatic carbocycles. The first-order valence-electron chi connectivity index (χ1n) is 10.1. The van der Waals surface area contributed by atoms with Gasteiger partial charge in [-0.05, 0) is 37.1 Å². The van der Waals surface area contributed by atoms with Gasteiger partial charge in [-0.1, -0.05) is 18.9 Å². The molecular formula is C21H23N7O2. The zero-order valence-corrected chi connectivity index (χ0v) is 16.4. The van der Waals surface area contributed by atoms with Crippen LogP contribution in [0.5, 0.6) is 5.88 Å². The molecule has 1 aliphatic heterocycles. The zero-order chi connectivity index (χ0) is 20.5. The van der Waals surface area contributed by atoms with Crippen molar-refractivity contribution in [2.75, 3.05) is 17.4 Å². The zero-order valence-electron chi connectivity index (χ0n) is 16.4. The van der Waals surface area contributed by atoms with Gasteiger partial charge in [-0.2, -0.15) is 9.97 Å². The Morgan fingerprint density at radius 3 is 2.97 bits per heavy atom. The number of pyridine rings is 1. The molecule has 0 spiro atoms. The Bertz CT molecular complexity index is 1100. The Kier molecular flexibility index (Phi) is 4.80. The van der Waals surface area contributed by atoms with Gasteiger partial charge in [-0.15, -0.1) is 0 Å². The summed E-state index contributed by atoms with van der Waals surface area (Å²) in [4.78, 5) is 25.9. The number of nitrogens with one attached hydrogen (secondary N) is 3. The van der Waals surface area contributed by atoms with Gasteiger partial charge < -0.3 is 26.4 Å². The van der Waals surface area contributed by atoms with E-state index in [1.165, 1.54) is 0 Å². The molecule has 154 valence electrons. The molecule has 1 fully saturated rings. The van der Waals surface area contributed by atoms with Crippen LogP contribution in [0.4, 0.5) is 17.5 Å². The molecule has 5 rings (SSSR count). The van der Waals surface area contributed by atoms with E-state index in [4.69, 9.17) is 10.5 Å². The van der Waals surface area contributed by atoms with Gasteiger partial charge in [0.05, 0.1) is 5.52 Å². The number of carbonyl (C=O) groups is 1. The highest BCUT2D eigenvalue weighted by molar-refractivity contribution is 6.02. The van der Waals surface area contributed by atoms with Gasteiger partial charge in [0, 0.05) is 29.4 Å². The lowest BCUT2D eigenvalue weighted by Gasteiger charge is -2.30. The average Bonchev–Trinajstić information content (AvgIpc) is 2.75. The summed E-state index contributed by atoms with van der Waals surface area (Å²) in [6.07, 6.45) is 5.94. The fourth-order valence-electron chi connectivity index (χ4n) is 3.96. The normalized spacial score (nSPS) is 20.8. The Balaban J connectivity index is 1.50. The summed E-state index contributed by atoms with van der Waals surface area (Å²) in [7, 11) is 0. The summed E-state index contributed by atoms with van der Waals surface area (Å²) in [5.74, 6) is 0.760. The second-order valence-electron chi connectivity index (χ2n) is 7.61. The van der Waals surface area contributed by atoms with Gasteiger partial charge in [-0.25, -0.2) is 0 Å². The molecule has 0 saturated heterocycles. The number of hydrogen-bond donors (Lipinski definition) is 4. The van der Waals surface area contributed by atoms with E-state index in [2.05, 4.69) is 30.9 Å². The molecule has 1 saturated carbocycles. The molecule has 2 atom stereocenters. The van der Waals surface area contributed by atoms with Crippen LogP contribution in [0, 0.1) is 0 Å². The second-order valence-corrected chi connectivity index (χ2v) is 7.61. The standard InChI is InChI=1S/C21H23N7O2/c22-14-5-1-2-6-16(14)26-21-27-18(17-19(29)24-11-30-20(17)28-21)25-13-7-8-15-12(10-13)4-3-9-23-15/h3-4,7-10,14,16H,1-2,5-6,11,22H2,(H,24,29)(H2,25,26,27,28)/t14-,16+/m0/s1. The van der Waals surface area contributed by atoms with E-state index in [0.717, 1.165) is 42.3 Å². The van der Waals surface area contributed by atoms with Crippen LogP contribution in [-0.4, -0.2) is 39.7 Å². The van der Waals surface area contributed by atoms with Crippen molar-refractivity contribution < 1.29 is 9.53 Å². The van der Waals surface area contributed by atoms with E-state index in [1.54, 1.807) is 6.20 Å². The molecular weight excluding hydrogens is 382 g/mol. The molecule has 1 aromatic carbocycles. The first kappa shape index (κ1) is 18.6. The smallest absolute Gasteiger partial charge is 0.263 e. The monoisotopic (exact) mass is 405 g/mol. The summed E-state index contributed by atoms with van der Waals surface area (Å²) in [6, 6.07) is 9.78. The first-order chi connectivity index (χ1) is 14.7. The SMILES string of the molecule is N[C@H]1CCCC[C@H]1Nc1nc(Nc2ccc3ncccc3c2)c2c(n1)OCNC2=O. The van der Waals surface area contributed by atoms with Crippen molar-refractivity contribution in [1.29, 1.82) is 0 Å². The van der Waals surface area contributed by atoms with E-state index in [1.807, 2.05) is 30.3 Å². The number of aromatic nitrogens is 3. The highest BCUT2D eigenvalue weighted by Gasteiger charge is 2.28. The quantitative estimate of drug-likeness (QED) is 0.521. The molecule has 30 heavy (non-hydrogen) atoms. The number of hydrogen-bond acceptors (Lipinski definition) is 8. The van der Waals surface area contributed by atoms with Gasteiger partial charge in [0.1, 0.15) is 5.56 Å². The number of nitrogens with two attached hydrogens (primary N) is 1. The maximum atomic E-state index is 12.5. The molecule has 2 aromatic heterocycles. The summed E-state index contributed by atoms with van der Waals surface area (Å²) < 4.78 is 5.59. The average molecular weight is 405 g/mol. The van der Waals surface area contributed by atoms with Crippen LogP contribution in [0.15, 0.2) is 36.5 Å². The van der Waals surface area contributed by atoms with Crippen LogP contribution in [0.2, 0.25) is 0 Å². The van der Waals surface area contributed by atoms with E-state index < -0.39 is 0 Å². The van der Waals surface area contributed by atoms with Crippen LogP contribution in [0.25, 0.3) is 10.9 Å². The molecule has 9 heteroatoms. The number of rotatable bonds is 4. The third kappa shape index (κ3) is 3.59. The maximum Gasteiger partial charge on any atom is 0.263 e. The van der Waals surface area contributed by atoms with Crippen molar-refractivity contribution in [3.63, 3.8) is 0 Å². The minimum atomic E-state index is -0.276. The Hall–Kier alpha value is -3.46. The van der Waals surface area contributed by atoms with E-state index in [-0.39, 0.29) is 36.2 Å². The number of ether oxygens (including phenoxy) is 1. The predicted molar refractivity (Wildman–Crippen MR) is 114 cm³/mol. The topological polar surface area (TPSA) is 127 Å².